The van der Waals surface area contributed by atoms with Crippen LogP contribution in [0.5, 0.6) is 0 Å². The topological polar surface area (TPSA) is 20.2 Å². The fraction of sp³-hybridized carbons (Fsp3) is 0.200. The Morgan fingerprint density at radius 1 is 0.792 bits per heavy atom. The van der Waals surface area contributed by atoms with Gasteiger partial charge >= 0.3 is 6.18 Å². The zero-order valence-corrected chi connectivity index (χ0v) is 12.8. The predicted octanol–water partition coefficient (Wildman–Crippen LogP) is 4.25. The number of halogens is 3. The Balaban J connectivity index is 1.85. The van der Waals surface area contributed by atoms with E-state index in [1.54, 1.807) is 0 Å². The summed E-state index contributed by atoms with van der Waals surface area (Å²) in [5.41, 5.74) is 0.648. The molecule has 24 heavy (non-hydrogen) atoms. The van der Waals surface area contributed by atoms with Gasteiger partial charge in [0.05, 0.1) is 11.7 Å². The van der Waals surface area contributed by atoms with Crippen LogP contribution in [0.25, 0.3) is 0 Å². The molecule has 0 saturated heterocycles. The Hall–Kier alpha value is -2.69. The zero-order chi connectivity index (χ0) is 17.4. The van der Waals surface area contributed by atoms with Gasteiger partial charge in [-0.05, 0) is 36.4 Å². The van der Waals surface area contributed by atoms with Crippen LogP contribution in [0.3, 0.4) is 0 Å². The monoisotopic (exact) mass is 328 g/mol. The van der Waals surface area contributed by atoms with Gasteiger partial charge in [0.2, 0.25) is 0 Å². The van der Waals surface area contributed by atoms with E-state index in [0.29, 0.717) is 5.56 Å². The summed E-state index contributed by atoms with van der Waals surface area (Å²) < 4.78 is 37.3. The summed E-state index contributed by atoms with van der Waals surface area (Å²) in [6.07, 6.45) is -4.54. The summed E-state index contributed by atoms with van der Waals surface area (Å²) in [7, 11) is 0. The Bertz CT molecular complexity index is 769. The average Bonchev–Trinajstić information content (AvgIpc) is 2.55. The minimum Gasteiger partial charge on any atom is -0.391 e. The second kappa shape index (κ2) is 8.24. The maximum absolute atomic E-state index is 12.4. The molecule has 122 valence electrons. The highest BCUT2D eigenvalue weighted by molar-refractivity contribution is 5.37. The third-order valence-electron chi connectivity index (χ3n) is 3.13. The lowest BCUT2D eigenvalue weighted by Gasteiger charge is -2.05. The molecular weight excluding hydrogens is 313 g/mol. The van der Waals surface area contributed by atoms with E-state index in [4.69, 9.17) is 0 Å². The van der Waals surface area contributed by atoms with E-state index < -0.39 is 17.8 Å². The second-order valence-corrected chi connectivity index (χ2v) is 5.11. The first-order valence-electron chi connectivity index (χ1n) is 7.33. The number of hydrogen-bond acceptors (Lipinski definition) is 1. The highest BCUT2D eigenvalue weighted by Gasteiger charge is 2.29. The van der Waals surface area contributed by atoms with Crippen molar-refractivity contribution in [1.29, 1.82) is 0 Å². The molecule has 0 bridgehead atoms. The van der Waals surface area contributed by atoms with Gasteiger partial charge in [-0.2, -0.15) is 13.2 Å². The highest BCUT2D eigenvalue weighted by Crippen LogP contribution is 2.28. The molecule has 0 spiro atoms. The van der Waals surface area contributed by atoms with Gasteiger partial charge in [0.1, 0.15) is 0 Å². The van der Waals surface area contributed by atoms with Crippen molar-refractivity contribution in [2.24, 2.45) is 0 Å². The first-order valence-corrected chi connectivity index (χ1v) is 7.33. The number of aliphatic hydroxyl groups excluding tert-OH is 1. The van der Waals surface area contributed by atoms with Crippen LogP contribution in [0.15, 0.2) is 54.6 Å². The molecule has 0 aliphatic rings. The summed E-state index contributed by atoms with van der Waals surface area (Å²) in [4.78, 5) is 0. The van der Waals surface area contributed by atoms with E-state index in [1.807, 2.05) is 30.3 Å². The van der Waals surface area contributed by atoms with Crippen molar-refractivity contribution in [3.05, 3.63) is 71.3 Å². The molecule has 0 aliphatic carbocycles. The molecule has 2 aromatic rings. The molecule has 0 heterocycles. The largest absolute Gasteiger partial charge is 0.416 e. The van der Waals surface area contributed by atoms with Gasteiger partial charge in [-0.1, -0.05) is 41.9 Å². The lowest BCUT2D eigenvalue weighted by molar-refractivity contribution is -0.137. The molecule has 2 rings (SSSR count). The predicted molar refractivity (Wildman–Crippen MR) is 86.9 cm³/mol. The van der Waals surface area contributed by atoms with Crippen molar-refractivity contribution < 1.29 is 18.3 Å². The lowest BCUT2D eigenvalue weighted by Crippen LogP contribution is -2.04. The Morgan fingerprint density at radius 3 is 1.79 bits per heavy atom. The van der Waals surface area contributed by atoms with Crippen LogP contribution in [0.2, 0.25) is 0 Å². The van der Waals surface area contributed by atoms with E-state index in [-0.39, 0.29) is 12.8 Å². The molecule has 1 nitrogen and oxygen atoms in total. The maximum atomic E-state index is 12.4. The minimum atomic E-state index is -4.35. The van der Waals surface area contributed by atoms with Gasteiger partial charge < -0.3 is 5.11 Å². The van der Waals surface area contributed by atoms with Crippen molar-refractivity contribution in [2.75, 3.05) is 0 Å². The van der Waals surface area contributed by atoms with E-state index in [0.717, 1.165) is 17.7 Å². The van der Waals surface area contributed by atoms with Crippen LogP contribution in [0.1, 0.15) is 29.5 Å². The standard InChI is InChI=1S/C20H15F3O/c21-20(22,23)18-14-12-17(13-15-18)9-5-11-19(24)10-4-8-16-6-2-1-3-7-16/h1-3,6-7,12-15,19,24H,10-11H2. The van der Waals surface area contributed by atoms with Crippen LogP contribution in [0.4, 0.5) is 13.2 Å². The van der Waals surface area contributed by atoms with Gasteiger partial charge in [0.25, 0.3) is 0 Å². The number of benzene rings is 2. The van der Waals surface area contributed by atoms with E-state index in [1.165, 1.54) is 12.1 Å². The Kier molecular flexibility index (Phi) is 6.07. The molecule has 4 heteroatoms. The van der Waals surface area contributed by atoms with Crippen LogP contribution >= 0.6 is 0 Å². The first kappa shape index (κ1) is 17.7. The summed E-state index contributed by atoms with van der Waals surface area (Å²) in [5.74, 6) is 11.3. The molecule has 1 unspecified atom stereocenters. The van der Waals surface area contributed by atoms with E-state index in [9.17, 15) is 18.3 Å². The molecule has 1 N–H and O–H groups in total. The van der Waals surface area contributed by atoms with Crippen LogP contribution < -0.4 is 0 Å². The number of hydrogen-bond donors (Lipinski definition) is 1. The van der Waals surface area contributed by atoms with E-state index in [2.05, 4.69) is 23.7 Å². The SMILES string of the molecule is OC(CC#Cc1ccccc1)CC#Cc1ccc(C(F)(F)F)cc1. The van der Waals surface area contributed by atoms with Crippen molar-refractivity contribution in [3.63, 3.8) is 0 Å². The molecular formula is C20H15F3O. The molecule has 2 aromatic carbocycles. The van der Waals surface area contributed by atoms with Crippen LogP contribution in [-0.4, -0.2) is 11.2 Å². The van der Waals surface area contributed by atoms with Crippen molar-refractivity contribution in [1.82, 2.24) is 0 Å². The fourth-order valence-corrected chi connectivity index (χ4v) is 1.88. The fourth-order valence-electron chi connectivity index (χ4n) is 1.88. The minimum absolute atomic E-state index is 0.213. The van der Waals surface area contributed by atoms with Gasteiger partial charge in [-0.15, -0.1) is 0 Å². The zero-order valence-electron chi connectivity index (χ0n) is 12.8. The Morgan fingerprint density at radius 2 is 1.29 bits per heavy atom. The van der Waals surface area contributed by atoms with Gasteiger partial charge in [0.15, 0.2) is 0 Å². The van der Waals surface area contributed by atoms with E-state index >= 15 is 0 Å². The molecule has 0 fully saturated rings. The Labute approximate surface area is 139 Å². The second-order valence-electron chi connectivity index (χ2n) is 5.11. The number of alkyl halides is 3. The van der Waals surface area contributed by atoms with Crippen molar-refractivity contribution in [2.45, 2.75) is 25.1 Å². The van der Waals surface area contributed by atoms with Crippen molar-refractivity contribution in [3.8, 4) is 23.7 Å². The van der Waals surface area contributed by atoms with Crippen LogP contribution in [-0.2, 0) is 6.18 Å². The van der Waals surface area contributed by atoms with Crippen molar-refractivity contribution >= 4 is 0 Å². The number of aliphatic hydroxyl groups is 1. The quantitative estimate of drug-likeness (QED) is 0.817. The van der Waals surface area contributed by atoms with Gasteiger partial charge in [-0.3, -0.25) is 0 Å². The third-order valence-corrected chi connectivity index (χ3v) is 3.13. The summed E-state index contributed by atoms with van der Waals surface area (Å²) in [6.45, 7) is 0. The molecule has 0 aromatic heterocycles. The summed E-state index contributed by atoms with van der Waals surface area (Å²) >= 11 is 0. The lowest BCUT2D eigenvalue weighted by atomic mass is 10.1. The molecule has 1 atom stereocenters. The summed E-state index contributed by atoms with van der Waals surface area (Å²) in [6, 6.07) is 14.0. The smallest absolute Gasteiger partial charge is 0.391 e. The van der Waals surface area contributed by atoms with Gasteiger partial charge in [-0.25, -0.2) is 0 Å². The van der Waals surface area contributed by atoms with Crippen LogP contribution in [0, 0.1) is 23.7 Å². The summed E-state index contributed by atoms with van der Waals surface area (Å²) in [5, 5.41) is 9.80. The highest BCUT2D eigenvalue weighted by atomic mass is 19.4. The molecule has 0 amide bonds. The maximum Gasteiger partial charge on any atom is 0.416 e. The molecule has 0 aliphatic heterocycles. The third kappa shape index (κ3) is 5.83. The first-order chi connectivity index (χ1) is 11.4. The average molecular weight is 328 g/mol. The molecule has 0 radical (unpaired) electrons. The normalized spacial score (nSPS) is 11.7. The molecule has 0 saturated carbocycles. The number of rotatable bonds is 2. The van der Waals surface area contributed by atoms with Gasteiger partial charge in [0, 0.05) is 24.0 Å².